The van der Waals surface area contributed by atoms with Gasteiger partial charge >= 0.3 is 0 Å². The summed E-state index contributed by atoms with van der Waals surface area (Å²) in [6.45, 7) is -0.0698. The molecule has 0 radical (unpaired) electrons. The van der Waals surface area contributed by atoms with E-state index in [1.54, 1.807) is 30.3 Å². The average molecular weight is 404 g/mol. The maximum absolute atomic E-state index is 13.6. The first-order chi connectivity index (χ1) is 13.5. The predicted molar refractivity (Wildman–Crippen MR) is 109 cm³/mol. The summed E-state index contributed by atoms with van der Waals surface area (Å²) in [6.07, 6.45) is 5.42. The van der Waals surface area contributed by atoms with Gasteiger partial charge in [0.2, 0.25) is 5.91 Å². The van der Waals surface area contributed by atoms with Gasteiger partial charge in [0.15, 0.2) is 0 Å². The van der Waals surface area contributed by atoms with Crippen molar-refractivity contribution in [3.8, 4) is 0 Å². The highest BCUT2D eigenvalue weighted by atomic mass is 35.5. The third kappa shape index (κ3) is 5.45. The zero-order valence-electron chi connectivity index (χ0n) is 15.4. The molecule has 0 aromatic heterocycles. The number of rotatable bonds is 6. The Morgan fingerprint density at radius 3 is 2.57 bits per heavy atom. The van der Waals surface area contributed by atoms with Crippen molar-refractivity contribution >= 4 is 34.8 Å². The normalized spacial score (nSPS) is 14.4. The number of anilines is 2. The summed E-state index contributed by atoms with van der Waals surface area (Å²) in [5.41, 5.74) is 1.08. The minimum atomic E-state index is -0.496. The summed E-state index contributed by atoms with van der Waals surface area (Å²) in [4.78, 5) is 24.6. The summed E-state index contributed by atoms with van der Waals surface area (Å²) in [6, 6.07) is 11.1. The topological polar surface area (TPSA) is 70.2 Å². The average Bonchev–Trinajstić information content (AvgIpc) is 2.70. The van der Waals surface area contributed by atoms with E-state index in [1.165, 1.54) is 18.6 Å². The van der Waals surface area contributed by atoms with Crippen LogP contribution in [0.3, 0.4) is 0 Å². The van der Waals surface area contributed by atoms with E-state index in [1.807, 2.05) is 0 Å². The molecule has 1 saturated carbocycles. The highest BCUT2D eigenvalue weighted by Crippen LogP contribution is 2.23. The molecule has 0 heterocycles. The molecule has 1 aliphatic rings. The largest absolute Gasteiger partial charge is 0.376 e. The molecular formula is C21H23ClFN3O2. The first-order valence-electron chi connectivity index (χ1n) is 9.41. The Hall–Kier alpha value is -2.60. The summed E-state index contributed by atoms with van der Waals surface area (Å²) in [5, 5.41) is 8.83. The third-order valence-electron chi connectivity index (χ3n) is 4.75. The molecule has 148 valence electrons. The van der Waals surface area contributed by atoms with Crippen LogP contribution >= 0.6 is 11.6 Å². The van der Waals surface area contributed by atoms with Crippen molar-refractivity contribution in [2.45, 2.75) is 38.1 Å². The van der Waals surface area contributed by atoms with Crippen molar-refractivity contribution < 1.29 is 14.0 Å². The van der Waals surface area contributed by atoms with E-state index in [2.05, 4.69) is 16.0 Å². The molecule has 1 fully saturated rings. The molecule has 28 heavy (non-hydrogen) atoms. The Bertz CT molecular complexity index is 853. The summed E-state index contributed by atoms with van der Waals surface area (Å²) < 4.78 is 13.6. The molecule has 2 amide bonds. The molecule has 0 saturated heterocycles. The Balaban J connectivity index is 1.58. The SMILES string of the molecule is O=C(CNc1ccc(Cl)c(C(=O)NC2CCCCC2)c1)Nc1ccccc1F. The van der Waals surface area contributed by atoms with Crippen LogP contribution in [0.2, 0.25) is 5.02 Å². The van der Waals surface area contributed by atoms with Gasteiger partial charge in [-0.05, 0) is 43.2 Å². The molecule has 3 rings (SSSR count). The molecule has 0 aliphatic heterocycles. The second-order valence-electron chi connectivity index (χ2n) is 6.88. The lowest BCUT2D eigenvalue weighted by atomic mass is 9.95. The number of carbonyl (C=O) groups excluding carboxylic acids is 2. The van der Waals surface area contributed by atoms with E-state index in [9.17, 15) is 14.0 Å². The molecule has 2 aromatic rings. The molecule has 0 spiro atoms. The van der Waals surface area contributed by atoms with Crippen molar-refractivity contribution in [3.05, 3.63) is 58.9 Å². The minimum absolute atomic E-state index is 0.0698. The van der Waals surface area contributed by atoms with Crippen LogP contribution in [0.5, 0.6) is 0 Å². The van der Waals surface area contributed by atoms with E-state index in [0.29, 0.717) is 16.3 Å². The zero-order chi connectivity index (χ0) is 19.9. The van der Waals surface area contributed by atoms with Gasteiger partial charge in [0.05, 0.1) is 22.8 Å². The second-order valence-corrected chi connectivity index (χ2v) is 7.29. The van der Waals surface area contributed by atoms with Gasteiger partial charge in [-0.2, -0.15) is 0 Å². The fraction of sp³-hybridized carbons (Fsp3) is 0.333. The van der Waals surface area contributed by atoms with Gasteiger partial charge in [-0.1, -0.05) is 43.0 Å². The Morgan fingerprint density at radius 1 is 1.07 bits per heavy atom. The van der Waals surface area contributed by atoms with Crippen LogP contribution in [0.1, 0.15) is 42.5 Å². The summed E-state index contributed by atoms with van der Waals surface area (Å²) in [5.74, 6) is -1.10. The van der Waals surface area contributed by atoms with Crippen molar-refractivity contribution in [1.82, 2.24) is 5.32 Å². The lowest BCUT2D eigenvalue weighted by molar-refractivity contribution is -0.114. The molecule has 1 aliphatic carbocycles. The summed E-state index contributed by atoms with van der Waals surface area (Å²) >= 11 is 6.19. The molecule has 0 bridgehead atoms. The minimum Gasteiger partial charge on any atom is -0.376 e. The molecule has 2 aromatic carbocycles. The van der Waals surface area contributed by atoms with Crippen LogP contribution in [0, 0.1) is 5.82 Å². The molecule has 0 atom stereocenters. The van der Waals surface area contributed by atoms with E-state index >= 15 is 0 Å². The van der Waals surface area contributed by atoms with Crippen LogP contribution in [-0.2, 0) is 4.79 Å². The molecule has 0 unspecified atom stereocenters. The van der Waals surface area contributed by atoms with Crippen molar-refractivity contribution in [2.75, 3.05) is 17.2 Å². The standard InChI is InChI=1S/C21H23ClFN3O2/c22-17-11-10-15(12-16(17)21(28)25-14-6-2-1-3-7-14)24-13-20(27)26-19-9-5-4-8-18(19)23/h4-5,8-12,14,24H,1-3,6-7,13H2,(H,25,28)(H,26,27). The van der Waals surface area contributed by atoms with E-state index in [-0.39, 0.29) is 24.2 Å². The maximum atomic E-state index is 13.6. The highest BCUT2D eigenvalue weighted by molar-refractivity contribution is 6.34. The highest BCUT2D eigenvalue weighted by Gasteiger charge is 2.18. The second kappa shape index (κ2) is 9.55. The first-order valence-corrected chi connectivity index (χ1v) is 9.79. The number of hydrogen-bond donors (Lipinski definition) is 3. The number of benzene rings is 2. The third-order valence-corrected chi connectivity index (χ3v) is 5.08. The van der Waals surface area contributed by atoms with Crippen molar-refractivity contribution in [3.63, 3.8) is 0 Å². The number of carbonyl (C=O) groups is 2. The van der Waals surface area contributed by atoms with Gasteiger partial charge in [-0.3, -0.25) is 9.59 Å². The number of amides is 2. The first kappa shape index (κ1) is 20.1. The number of nitrogens with one attached hydrogen (secondary N) is 3. The monoisotopic (exact) mass is 403 g/mol. The quantitative estimate of drug-likeness (QED) is 0.660. The molecular weight excluding hydrogens is 381 g/mol. The smallest absolute Gasteiger partial charge is 0.253 e. The summed E-state index contributed by atoms with van der Waals surface area (Å²) in [7, 11) is 0. The van der Waals surface area contributed by atoms with Gasteiger partial charge in [0.1, 0.15) is 5.82 Å². The maximum Gasteiger partial charge on any atom is 0.253 e. The van der Waals surface area contributed by atoms with Crippen LogP contribution < -0.4 is 16.0 Å². The van der Waals surface area contributed by atoms with Gasteiger partial charge in [-0.25, -0.2) is 4.39 Å². The molecule has 3 N–H and O–H groups in total. The number of hydrogen-bond acceptors (Lipinski definition) is 3. The fourth-order valence-electron chi connectivity index (χ4n) is 3.26. The van der Waals surface area contributed by atoms with Crippen LogP contribution in [0.25, 0.3) is 0 Å². The Labute approximate surface area is 168 Å². The van der Waals surface area contributed by atoms with Crippen LogP contribution in [0.4, 0.5) is 15.8 Å². The van der Waals surface area contributed by atoms with Gasteiger partial charge in [-0.15, -0.1) is 0 Å². The molecule has 7 heteroatoms. The Morgan fingerprint density at radius 2 is 1.82 bits per heavy atom. The molecule has 5 nitrogen and oxygen atoms in total. The predicted octanol–water partition coefficient (Wildman–Crippen LogP) is 4.59. The van der Waals surface area contributed by atoms with Crippen LogP contribution in [-0.4, -0.2) is 24.4 Å². The lowest BCUT2D eigenvalue weighted by Gasteiger charge is -2.23. The zero-order valence-corrected chi connectivity index (χ0v) is 16.2. The van der Waals surface area contributed by atoms with Crippen LogP contribution in [0.15, 0.2) is 42.5 Å². The van der Waals surface area contributed by atoms with E-state index in [4.69, 9.17) is 11.6 Å². The fourth-order valence-corrected chi connectivity index (χ4v) is 3.46. The van der Waals surface area contributed by atoms with Crippen molar-refractivity contribution in [2.24, 2.45) is 0 Å². The lowest BCUT2D eigenvalue weighted by Crippen LogP contribution is -2.36. The van der Waals surface area contributed by atoms with E-state index in [0.717, 1.165) is 25.7 Å². The van der Waals surface area contributed by atoms with Gasteiger partial charge in [0, 0.05) is 11.7 Å². The number of para-hydroxylation sites is 1. The van der Waals surface area contributed by atoms with Gasteiger partial charge in [0.25, 0.3) is 5.91 Å². The van der Waals surface area contributed by atoms with E-state index < -0.39 is 11.7 Å². The number of halogens is 2. The van der Waals surface area contributed by atoms with Gasteiger partial charge < -0.3 is 16.0 Å². The van der Waals surface area contributed by atoms with Crippen molar-refractivity contribution in [1.29, 1.82) is 0 Å². The Kier molecular flexibility index (Phi) is 6.87.